The summed E-state index contributed by atoms with van der Waals surface area (Å²) in [6, 6.07) is 14.1. The molecule has 0 aliphatic heterocycles. The maximum atomic E-state index is 12.8. The minimum absolute atomic E-state index is 0.123. The molecule has 0 heterocycles. The average molecular weight is 298 g/mol. The first kappa shape index (κ1) is 14.6. The highest BCUT2D eigenvalue weighted by molar-refractivity contribution is 5.93. The minimum atomic E-state index is -0.227. The Morgan fingerprint density at radius 3 is 2.23 bits per heavy atom. The molecule has 3 nitrogen and oxygen atoms in total. The normalized spacial score (nSPS) is 14.2. The molecule has 4 heteroatoms. The second-order valence-corrected chi connectivity index (χ2v) is 5.67. The molecule has 3 rings (SSSR count). The van der Waals surface area contributed by atoms with Crippen molar-refractivity contribution >= 4 is 17.3 Å². The first-order valence-corrected chi connectivity index (χ1v) is 7.60. The molecule has 2 aromatic rings. The quantitative estimate of drug-likeness (QED) is 0.869. The highest BCUT2D eigenvalue weighted by Crippen LogP contribution is 2.27. The van der Waals surface area contributed by atoms with Crippen LogP contribution in [0.2, 0.25) is 0 Å². The van der Waals surface area contributed by atoms with E-state index in [1.165, 1.54) is 12.1 Å². The molecule has 0 radical (unpaired) electrons. The molecule has 0 bridgehead atoms. The van der Waals surface area contributed by atoms with E-state index in [0.29, 0.717) is 6.54 Å². The van der Waals surface area contributed by atoms with Crippen LogP contribution in [0.3, 0.4) is 0 Å². The number of carbonyl (C=O) groups excluding carboxylic acids is 1. The highest BCUT2D eigenvalue weighted by atomic mass is 19.1. The van der Waals surface area contributed by atoms with Crippen LogP contribution < -0.4 is 10.6 Å². The van der Waals surface area contributed by atoms with Crippen molar-refractivity contribution in [2.24, 2.45) is 5.92 Å². The first-order valence-electron chi connectivity index (χ1n) is 7.60. The van der Waals surface area contributed by atoms with Crippen molar-refractivity contribution in [2.75, 3.05) is 10.6 Å². The van der Waals surface area contributed by atoms with Crippen molar-refractivity contribution in [2.45, 2.75) is 25.8 Å². The van der Waals surface area contributed by atoms with Crippen molar-refractivity contribution in [3.63, 3.8) is 0 Å². The topological polar surface area (TPSA) is 41.1 Å². The molecule has 1 fully saturated rings. The number of rotatable bonds is 5. The fourth-order valence-electron chi connectivity index (χ4n) is 2.39. The Labute approximate surface area is 129 Å². The maximum Gasteiger partial charge on any atom is 0.227 e. The second-order valence-electron chi connectivity index (χ2n) is 5.67. The lowest BCUT2D eigenvalue weighted by atomic mass is 9.85. The summed E-state index contributed by atoms with van der Waals surface area (Å²) < 4.78 is 12.8. The largest absolute Gasteiger partial charge is 0.381 e. The molecular formula is C18H19FN2O. The molecule has 2 aromatic carbocycles. The molecular weight excluding hydrogens is 279 g/mol. The Morgan fingerprint density at radius 1 is 1.00 bits per heavy atom. The van der Waals surface area contributed by atoms with Crippen molar-refractivity contribution in [3.05, 3.63) is 59.9 Å². The van der Waals surface area contributed by atoms with Gasteiger partial charge in [0.2, 0.25) is 5.91 Å². The van der Waals surface area contributed by atoms with Crippen LogP contribution >= 0.6 is 0 Å². The lowest BCUT2D eigenvalue weighted by Crippen LogP contribution is -2.27. The predicted octanol–water partition coefficient (Wildman–Crippen LogP) is 4.18. The van der Waals surface area contributed by atoms with Gasteiger partial charge in [0.15, 0.2) is 0 Å². The summed E-state index contributed by atoms with van der Waals surface area (Å²) in [6.45, 7) is 0.633. The first-order chi connectivity index (χ1) is 10.7. The van der Waals surface area contributed by atoms with Gasteiger partial charge >= 0.3 is 0 Å². The van der Waals surface area contributed by atoms with Crippen LogP contribution in [0.15, 0.2) is 48.5 Å². The lowest BCUT2D eigenvalue weighted by molar-refractivity contribution is -0.122. The molecule has 0 unspecified atom stereocenters. The number of halogens is 1. The summed E-state index contributed by atoms with van der Waals surface area (Å²) in [7, 11) is 0. The number of hydrogen-bond donors (Lipinski definition) is 2. The van der Waals surface area contributed by atoms with Gasteiger partial charge in [-0.05, 0) is 54.8 Å². The molecule has 22 heavy (non-hydrogen) atoms. The number of nitrogens with one attached hydrogen (secondary N) is 2. The standard InChI is InChI=1S/C18H19FN2O/c19-15-6-4-13(5-7-15)12-20-16-8-10-17(11-9-16)21-18(22)14-2-1-3-14/h4-11,14,20H,1-3,12H2,(H,21,22). The predicted molar refractivity (Wildman–Crippen MR) is 86.1 cm³/mol. The van der Waals surface area contributed by atoms with E-state index in [0.717, 1.165) is 36.2 Å². The van der Waals surface area contributed by atoms with Crippen molar-refractivity contribution in [3.8, 4) is 0 Å². The van der Waals surface area contributed by atoms with Crippen molar-refractivity contribution in [1.82, 2.24) is 0 Å². The van der Waals surface area contributed by atoms with Gasteiger partial charge in [0.05, 0.1) is 0 Å². The number of hydrogen-bond acceptors (Lipinski definition) is 2. The molecule has 1 aliphatic rings. The molecule has 0 atom stereocenters. The molecule has 1 aliphatic carbocycles. The van der Waals surface area contributed by atoms with Gasteiger partial charge in [0.25, 0.3) is 0 Å². The summed E-state index contributed by atoms with van der Waals surface area (Å²) in [5, 5.41) is 6.21. The van der Waals surface area contributed by atoms with Crippen LogP contribution in [0.5, 0.6) is 0 Å². The van der Waals surface area contributed by atoms with Crippen LogP contribution in [-0.2, 0) is 11.3 Å². The van der Waals surface area contributed by atoms with E-state index < -0.39 is 0 Å². The van der Waals surface area contributed by atoms with Crippen LogP contribution in [-0.4, -0.2) is 5.91 Å². The van der Waals surface area contributed by atoms with Crippen LogP contribution in [0, 0.1) is 11.7 Å². The van der Waals surface area contributed by atoms with Gasteiger partial charge in [-0.15, -0.1) is 0 Å². The van der Waals surface area contributed by atoms with Crippen molar-refractivity contribution < 1.29 is 9.18 Å². The third-order valence-electron chi connectivity index (χ3n) is 4.04. The van der Waals surface area contributed by atoms with E-state index in [1.54, 1.807) is 12.1 Å². The number of carbonyl (C=O) groups is 1. The third kappa shape index (κ3) is 3.64. The molecule has 114 valence electrons. The van der Waals surface area contributed by atoms with Crippen LogP contribution in [0.25, 0.3) is 0 Å². The molecule has 0 spiro atoms. The summed E-state index contributed by atoms with van der Waals surface area (Å²) in [4.78, 5) is 11.9. The zero-order chi connectivity index (χ0) is 15.4. The van der Waals surface area contributed by atoms with E-state index in [4.69, 9.17) is 0 Å². The van der Waals surface area contributed by atoms with Gasteiger partial charge in [-0.3, -0.25) is 4.79 Å². The van der Waals surface area contributed by atoms with Crippen molar-refractivity contribution in [1.29, 1.82) is 0 Å². The van der Waals surface area contributed by atoms with E-state index >= 15 is 0 Å². The van der Waals surface area contributed by atoms with Crippen LogP contribution in [0.4, 0.5) is 15.8 Å². The van der Waals surface area contributed by atoms with E-state index in [9.17, 15) is 9.18 Å². The Kier molecular flexibility index (Phi) is 4.37. The third-order valence-corrected chi connectivity index (χ3v) is 4.04. The van der Waals surface area contributed by atoms with Gasteiger partial charge in [-0.2, -0.15) is 0 Å². The van der Waals surface area contributed by atoms with Gasteiger partial charge in [0, 0.05) is 23.8 Å². The average Bonchev–Trinajstić information content (AvgIpc) is 2.46. The number of benzene rings is 2. The number of amides is 1. The molecule has 0 saturated heterocycles. The van der Waals surface area contributed by atoms with Gasteiger partial charge in [-0.25, -0.2) is 4.39 Å². The van der Waals surface area contributed by atoms with Crippen LogP contribution in [0.1, 0.15) is 24.8 Å². The summed E-state index contributed by atoms with van der Waals surface area (Å²) in [5.41, 5.74) is 2.80. The van der Waals surface area contributed by atoms with Gasteiger partial charge in [-0.1, -0.05) is 18.6 Å². The lowest BCUT2D eigenvalue weighted by Gasteiger charge is -2.24. The molecule has 2 N–H and O–H groups in total. The zero-order valence-electron chi connectivity index (χ0n) is 12.3. The summed E-state index contributed by atoms with van der Waals surface area (Å²) in [5.74, 6) is 0.0878. The highest BCUT2D eigenvalue weighted by Gasteiger charge is 2.24. The van der Waals surface area contributed by atoms with Gasteiger partial charge in [0.1, 0.15) is 5.82 Å². The number of anilines is 2. The Balaban J connectivity index is 1.52. The monoisotopic (exact) mass is 298 g/mol. The smallest absolute Gasteiger partial charge is 0.227 e. The summed E-state index contributed by atoms with van der Waals surface area (Å²) >= 11 is 0. The van der Waals surface area contributed by atoms with E-state index in [-0.39, 0.29) is 17.6 Å². The molecule has 0 aromatic heterocycles. The Morgan fingerprint density at radius 2 is 1.64 bits per heavy atom. The SMILES string of the molecule is O=C(Nc1ccc(NCc2ccc(F)cc2)cc1)C1CCC1. The van der Waals surface area contributed by atoms with E-state index in [1.807, 2.05) is 24.3 Å². The Bertz CT molecular complexity index is 633. The molecule has 1 saturated carbocycles. The fraction of sp³-hybridized carbons (Fsp3) is 0.278. The van der Waals surface area contributed by atoms with E-state index in [2.05, 4.69) is 10.6 Å². The second kappa shape index (κ2) is 6.60. The minimum Gasteiger partial charge on any atom is -0.381 e. The Hall–Kier alpha value is -2.36. The van der Waals surface area contributed by atoms with Gasteiger partial charge < -0.3 is 10.6 Å². The fourth-order valence-corrected chi connectivity index (χ4v) is 2.39. The molecule has 1 amide bonds. The zero-order valence-corrected chi connectivity index (χ0v) is 12.3. The maximum absolute atomic E-state index is 12.8. The summed E-state index contributed by atoms with van der Waals surface area (Å²) in [6.07, 6.45) is 3.16.